The molecule has 5 nitrogen and oxygen atoms in total. The average molecular weight is 357 g/mol. The highest BCUT2D eigenvalue weighted by Crippen LogP contribution is 2.37. The number of aryl methyl sites for hydroxylation is 2. The molecule has 1 amide bonds. The van der Waals surface area contributed by atoms with Gasteiger partial charge in [-0.05, 0) is 31.4 Å². The van der Waals surface area contributed by atoms with Crippen LogP contribution in [0.5, 0.6) is 0 Å². The molecule has 6 heteroatoms. The van der Waals surface area contributed by atoms with Crippen molar-refractivity contribution < 1.29 is 4.79 Å². The molecule has 0 fully saturated rings. The summed E-state index contributed by atoms with van der Waals surface area (Å²) in [6.45, 7) is 6.12. The Balaban J connectivity index is 2.18. The summed E-state index contributed by atoms with van der Waals surface area (Å²) in [5.74, 6) is 1.15. The fraction of sp³-hybridized carbons (Fsp3) is 0.421. The Kier molecular flexibility index (Phi) is 4.99. The van der Waals surface area contributed by atoms with Crippen molar-refractivity contribution in [2.75, 3.05) is 11.1 Å². The van der Waals surface area contributed by atoms with Crippen molar-refractivity contribution in [1.82, 2.24) is 9.55 Å². The van der Waals surface area contributed by atoms with Crippen LogP contribution in [0.15, 0.2) is 28.2 Å². The van der Waals surface area contributed by atoms with Crippen LogP contribution in [0.1, 0.15) is 47.9 Å². The molecule has 1 aliphatic rings. The Hall–Kier alpha value is -2.08. The lowest BCUT2D eigenvalue weighted by molar-refractivity contribution is -0.116. The number of hydrogen-bond donors (Lipinski definition) is 1. The molecule has 0 bridgehead atoms. The first-order valence-electron chi connectivity index (χ1n) is 8.53. The van der Waals surface area contributed by atoms with Gasteiger partial charge >= 0.3 is 0 Å². The van der Waals surface area contributed by atoms with Gasteiger partial charge in [0.1, 0.15) is 5.82 Å². The van der Waals surface area contributed by atoms with Crippen LogP contribution in [0.25, 0.3) is 0 Å². The summed E-state index contributed by atoms with van der Waals surface area (Å²) in [5, 5.41) is 3.54. The summed E-state index contributed by atoms with van der Waals surface area (Å²) >= 11 is 1.54. The minimum absolute atomic E-state index is 0.0638. The molecule has 1 N–H and O–H groups in total. The first kappa shape index (κ1) is 17.7. The third-order valence-electron chi connectivity index (χ3n) is 4.55. The largest absolute Gasteiger partial charge is 0.312 e. The Labute approximate surface area is 151 Å². The van der Waals surface area contributed by atoms with Gasteiger partial charge in [-0.2, -0.15) is 4.98 Å². The van der Waals surface area contributed by atoms with E-state index in [1.54, 1.807) is 0 Å². The molecule has 25 heavy (non-hydrogen) atoms. The van der Waals surface area contributed by atoms with Crippen molar-refractivity contribution in [3.8, 4) is 0 Å². The van der Waals surface area contributed by atoms with Gasteiger partial charge in [0.2, 0.25) is 5.91 Å². The molecule has 0 radical (unpaired) electrons. The van der Waals surface area contributed by atoms with E-state index < -0.39 is 0 Å². The number of nitrogens with one attached hydrogen (secondary N) is 1. The van der Waals surface area contributed by atoms with E-state index in [2.05, 4.69) is 23.3 Å². The second-order valence-electron chi connectivity index (χ2n) is 6.53. The van der Waals surface area contributed by atoms with E-state index in [0.717, 1.165) is 28.9 Å². The second kappa shape index (κ2) is 7.04. The van der Waals surface area contributed by atoms with Crippen molar-refractivity contribution in [1.29, 1.82) is 0 Å². The van der Waals surface area contributed by atoms with E-state index in [0.29, 0.717) is 16.5 Å². The zero-order valence-corrected chi connectivity index (χ0v) is 15.9. The number of hydrogen-bond acceptors (Lipinski definition) is 4. The molecule has 3 rings (SSSR count). The van der Waals surface area contributed by atoms with Crippen LogP contribution in [0.4, 0.5) is 5.82 Å². The van der Waals surface area contributed by atoms with E-state index in [1.165, 1.54) is 11.8 Å². The maximum Gasteiger partial charge on any atom is 0.279 e. The highest BCUT2D eigenvalue weighted by atomic mass is 32.2. The highest BCUT2D eigenvalue weighted by molar-refractivity contribution is 7.99. The average Bonchev–Trinajstić information content (AvgIpc) is 2.58. The van der Waals surface area contributed by atoms with Crippen molar-refractivity contribution in [3.05, 3.63) is 50.8 Å². The Morgan fingerprint density at radius 3 is 2.80 bits per heavy atom. The Morgan fingerprint density at radius 2 is 2.08 bits per heavy atom. The molecular formula is C19H23N3O2S. The van der Waals surface area contributed by atoms with Crippen molar-refractivity contribution >= 4 is 23.5 Å². The SMILES string of the molecule is CCCSc1nc(=O)c2c(n1C)NC(=O)C[C@@H]2c1cc(C)ccc1C. The van der Waals surface area contributed by atoms with Crippen molar-refractivity contribution in [2.24, 2.45) is 7.05 Å². The molecule has 2 heterocycles. The molecule has 1 atom stereocenters. The molecule has 1 aromatic carbocycles. The third kappa shape index (κ3) is 3.35. The third-order valence-corrected chi connectivity index (χ3v) is 5.78. The molecule has 0 unspecified atom stereocenters. The van der Waals surface area contributed by atoms with Gasteiger partial charge in [0.05, 0.1) is 5.56 Å². The molecule has 0 aliphatic carbocycles. The van der Waals surface area contributed by atoms with Crippen LogP contribution in [0.2, 0.25) is 0 Å². The van der Waals surface area contributed by atoms with Crippen molar-refractivity contribution in [2.45, 2.75) is 44.7 Å². The summed E-state index contributed by atoms with van der Waals surface area (Å²) in [4.78, 5) is 29.4. The lowest BCUT2D eigenvalue weighted by atomic mass is 9.84. The van der Waals surface area contributed by atoms with Crippen LogP contribution in [0.3, 0.4) is 0 Å². The summed E-state index contributed by atoms with van der Waals surface area (Å²) in [7, 11) is 1.86. The first-order chi connectivity index (χ1) is 11.9. The van der Waals surface area contributed by atoms with Gasteiger partial charge in [0, 0.05) is 25.1 Å². The minimum Gasteiger partial charge on any atom is -0.312 e. The number of nitrogens with zero attached hydrogens (tertiary/aromatic N) is 2. The predicted molar refractivity (Wildman–Crippen MR) is 101 cm³/mol. The smallest absolute Gasteiger partial charge is 0.279 e. The molecule has 132 valence electrons. The van der Waals surface area contributed by atoms with E-state index in [-0.39, 0.29) is 23.8 Å². The van der Waals surface area contributed by atoms with Crippen LogP contribution in [0, 0.1) is 13.8 Å². The number of aromatic nitrogens is 2. The van der Waals surface area contributed by atoms with Gasteiger partial charge in [0.25, 0.3) is 5.56 Å². The fourth-order valence-corrected chi connectivity index (χ4v) is 4.08. The van der Waals surface area contributed by atoms with E-state index in [4.69, 9.17) is 0 Å². The number of fused-ring (bicyclic) bond motifs is 1. The number of anilines is 1. The van der Waals surface area contributed by atoms with Gasteiger partial charge in [-0.25, -0.2) is 0 Å². The number of amides is 1. The van der Waals surface area contributed by atoms with Crippen LogP contribution in [-0.4, -0.2) is 21.2 Å². The van der Waals surface area contributed by atoms with E-state index >= 15 is 0 Å². The van der Waals surface area contributed by atoms with Crippen LogP contribution >= 0.6 is 11.8 Å². The van der Waals surface area contributed by atoms with Gasteiger partial charge in [-0.15, -0.1) is 0 Å². The second-order valence-corrected chi connectivity index (χ2v) is 7.60. The maximum atomic E-state index is 12.8. The number of carbonyl (C=O) groups is 1. The van der Waals surface area contributed by atoms with E-state index in [1.807, 2.05) is 37.6 Å². The summed E-state index contributed by atoms with van der Waals surface area (Å²) in [6.07, 6.45) is 1.27. The van der Waals surface area contributed by atoms with Crippen LogP contribution < -0.4 is 10.9 Å². The molecule has 0 spiro atoms. The first-order valence-corrected chi connectivity index (χ1v) is 9.51. The van der Waals surface area contributed by atoms with Crippen LogP contribution in [-0.2, 0) is 11.8 Å². The number of carbonyl (C=O) groups excluding carboxylic acids is 1. The molecule has 1 aliphatic heterocycles. The zero-order chi connectivity index (χ0) is 18.1. The van der Waals surface area contributed by atoms with Gasteiger partial charge in [0.15, 0.2) is 5.16 Å². The maximum absolute atomic E-state index is 12.8. The Morgan fingerprint density at radius 1 is 1.32 bits per heavy atom. The molecule has 0 saturated heterocycles. The number of thioether (sulfide) groups is 1. The Bertz CT molecular complexity index is 889. The van der Waals surface area contributed by atoms with Gasteiger partial charge < -0.3 is 9.88 Å². The molecule has 1 aromatic heterocycles. The summed E-state index contributed by atoms with van der Waals surface area (Å²) < 4.78 is 1.84. The normalized spacial score (nSPS) is 16.5. The molecule has 2 aromatic rings. The van der Waals surface area contributed by atoms with E-state index in [9.17, 15) is 9.59 Å². The highest BCUT2D eigenvalue weighted by Gasteiger charge is 2.32. The number of rotatable bonds is 4. The molecular weight excluding hydrogens is 334 g/mol. The van der Waals surface area contributed by atoms with Gasteiger partial charge in [-0.3, -0.25) is 9.59 Å². The van der Waals surface area contributed by atoms with Gasteiger partial charge in [-0.1, -0.05) is 42.4 Å². The summed E-state index contributed by atoms with van der Waals surface area (Å²) in [6, 6.07) is 6.16. The number of benzene rings is 1. The predicted octanol–water partition coefficient (Wildman–Crippen LogP) is 3.37. The topological polar surface area (TPSA) is 64.0 Å². The standard InChI is InChI=1S/C19H23N3O2S/c1-5-8-25-19-21-18(24)16-14(10-15(23)20-17(16)22(19)4)13-9-11(2)6-7-12(13)3/h6-7,9,14H,5,8,10H2,1-4H3,(H,20,23)/t14-/m1/s1. The lowest BCUT2D eigenvalue weighted by Crippen LogP contribution is -2.33. The summed E-state index contributed by atoms with van der Waals surface area (Å²) in [5.41, 5.74) is 3.59. The zero-order valence-electron chi connectivity index (χ0n) is 15.0. The molecule has 0 saturated carbocycles. The lowest BCUT2D eigenvalue weighted by Gasteiger charge is -2.28. The monoisotopic (exact) mass is 357 g/mol. The fourth-order valence-electron chi connectivity index (χ4n) is 3.26. The quantitative estimate of drug-likeness (QED) is 0.673. The van der Waals surface area contributed by atoms with Crippen molar-refractivity contribution in [3.63, 3.8) is 0 Å². The minimum atomic E-state index is -0.250.